The van der Waals surface area contributed by atoms with Crippen molar-refractivity contribution in [3.8, 4) is 5.75 Å². The van der Waals surface area contributed by atoms with Crippen molar-refractivity contribution in [1.82, 2.24) is 0 Å². The second-order valence-electron chi connectivity index (χ2n) is 5.03. The van der Waals surface area contributed by atoms with Crippen LogP contribution in [-0.4, -0.2) is 48.3 Å². The Balaban J connectivity index is 2.83. The quantitative estimate of drug-likeness (QED) is 0.487. The molecule has 0 saturated carbocycles. The predicted octanol–water partition coefficient (Wildman–Crippen LogP) is 3.01. The molecular weight excluding hydrogens is 401 g/mol. The lowest BCUT2D eigenvalue weighted by atomic mass is 10.2. The molecular formula is C15H23INO5+. The van der Waals surface area contributed by atoms with Crippen LogP contribution in [0.5, 0.6) is 5.75 Å². The van der Waals surface area contributed by atoms with E-state index in [0.717, 1.165) is 30.7 Å². The molecule has 1 N–H and O–H groups in total. The summed E-state index contributed by atoms with van der Waals surface area (Å²) in [6, 6.07) is 4.11. The van der Waals surface area contributed by atoms with Crippen LogP contribution < -0.4 is 4.74 Å². The van der Waals surface area contributed by atoms with Gasteiger partial charge in [-0.1, -0.05) is 0 Å². The molecule has 0 unspecified atom stereocenters. The number of benzene rings is 1. The van der Waals surface area contributed by atoms with E-state index in [-0.39, 0.29) is 9.13 Å². The van der Waals surface area contributed by atoms with Crippen LogP contribution in [0, 0.1) is 3.57 Å². The van der Waals surface area contributed by atoms with Crippen LogP contribution in [0.15, 0.2) is 18.2 Å². The zero-order valence-corrected chi connectivity index (χ0v) is 15.3. The van der Waals surface area contributed by atoms with Crippen molar-refractivity contribution in [2.75, 3.05) is 32.8 Å². The molecule has 0 fully saturated rings. The van der Waals surface area contributed by atoms with Gasteiger partial charge in [0, 0.05) is 0 Å². The van der Waals surface area contributed by atoms with Gasteiger partial charge in [0.1, 0.15) is 18.9 Å². The minimum absolute atomic E-state index is 0.107. The number of carboxylic acids is 1. The summed E-state index contributed by atoms with van der Waals surface area (Å²) < 4.78 is 28.7. The van der Waals surface area contributed by atoms with Gasteiger partial charge in [0.05, 0.1) is 28.8 Å². The lowest BCUT2D eigenvalue weighted by Gasteiger charge is -2.35. The van der Waals surface area contributed by atoms with Crippen LogP contribution in [0.25, 0.3) is 0 Å². The third-order valence-corrected chi connectivity index (χ3v) is 6.07. The van der Waals surface area contributed by atoms with Crippen LogP contribution in [0.3, 0.4) is 0 Å². The summed E-state index contributed by atoms with van der Waals surface area (Å²) in [6.07, 6.45) is 0. The number of aromatic carboxylic acids is 1. The molecule has 0 aromatic heterocycles. The number of hydrogen-bond acceptors (Lipinski definition) is 4. The SMILES string of the molecule is CC[N+](CC)(CC)CCOc1ccc(I(=O)=O)c(C(=O)O)c1. The predicted molar refractivity (Wildman–Crippen MR) is 89.7 cm³/mol. The van der Waals surface area contributed by atoms with Crippen molar-refractivity contribution in [3.63, 3.8) is 0 Å². The third-order valence-electron chi connectivity index (χ3n) is 4.18. The third kappa shape index (κ3) is 4.64. The minimum atomic E-state index is -3.83. The van der Waals surface area contributed by atoms with Gasteiger partial charge >= 0.3 is 25.8 Å². The average Bonchev–Trinajstić information content (AvgIpc) is 2.51. The number of rotatable bonds is 9. The Hall–Kier alpha value is -1.22. The van der Waals surface area contributed by atoms with Crippen LogP contribution in [0.4, 0.5) is 0 Å². The van der Waals surface area contributed by atoms with Gasteiger partial charge in [-0.25, -0.2) is 10.9 Å². The maximum Gasteiger partial charge on any atom is 0.341 e. The van der Waals surface area contributed by atoms with Crippen LogP contribution in [0.2, 0.25) is 0 Å². The highest BCUT2D eigenvalue weighted by Crippen LogP contribution is 2.26. The Morgan fingerprint density at radius 2 is 1.77 bits per heavy atom. The molecule has 6 nitrogen and oxygen atoms in total. The van der Waals surface area contributed by atoms with E-state index in [1.807, 2.05) is 0 Å². The summed E-state index contributed by atoms with van der Waals surface area (Å²) in [5.41, 5.74) is -0.213. The summed E-state index contributed by atoms with van der Waals surface area (Å²) in [4.78, 5) is 11.1. The molecule has 0 bridgehead atoms. The smallest absolute Gasteiger partial charge is 0.341 e. The molecule has 0 atom stereocenters. The van der Waals surface area contributed by atoms with E-state index in [0.29, 0.717) is 12.4 Å². The summed E-state index contributed by atoms with van der Waals surface area (Å²) in [6.45, 7) is 10.7. The summed E-state index contributed by atoms with van der Waals surface area (Å²) in [7, 11) is 0. The van der Waals surface area contributed by atoms with Crippen LogP contribution >= 0.6 is 19.8 Å². The molecule has 1 aromatic carbocycles. The molecule has 0 amide bonds. The largest absolute Gasteiger partial charge is 0.488 e. The van der Waals surface area contributed by atoms with Crippen LogP contribution in [0.1, 0.15) is 31.1 Å². The zero-order valence-electron chi connectivity index (χ0n) is 13.2. The zero-order chi connectivity index (χ0) is 16.8. The molecule has 1 aromatic rings. The monoisotopic (exact) mass is 424 g/mol. The Kier molecular flexibility index (Phi) is 7.21. The van der Waals surface area contributed by atoms with Gasteiger partial charge in [0.25, 0.3) is 0 Å². The number of nitrogens with zero attached hydrogens (tertiary/aromatic N) is 1. The number of quaternary nitrogens is 1. The molecule has 1 rings (SSSR count). The van der Waals surface area contributed by atoms with E-state index < -0.39 is 25.8 Å². The van der Waals surface area contributed by atoms with E-state index in [9.17, 15) is 10.9 Å². The van der Waals surface area contributed by atoms with E-state index in [1.165, 1.54) is 18.2 Å². The Bertz CT molecular complexity index is 577. The first kappa shape index (κ1) is 18.8. The van der Waals surface area contributed by atoms with Crippen molar-refractivity contribution in [3.05, 3.63) is 27.3 Å². The van der Waals surface area contributed by atoms with E-state index in [4.69, 9.17) is 9.84 Å². The van der Waals surface area contributed by atoms with Gasteiger partial charge in [0.15, 0.2) is 0 Å². The molecule has 124 valence electrons. The molecule has 0 aliphatic carbocycles. The van der Waals surface area contributed by atoms with E-state index in [1.54, 1.807) is 0 Å². The molecule has 0 radical (unpaired) electrons. The fraction of sp³-hybridized carbons (Fsp3) is 0.533. The Morgan fingerprint density at radius 1 is 1.18 bits per heavy atom. The highest BCUT2D eigenvalue weighted by atomic mass is 127. The maximum atomic E-state index is 11.1. The normalized spacial score (nSPS) is 11.6. The molecule has 0 spiro atoms. The van der Waals surface area contributed by atoms with Gasteiger partial charge in [-0.05, 0) is 39.0 Å². The molecule has 7 heteroatoms. The second-order valence-corrected chi connectivity index (χ2v) is 7.43. The van der Waals surface area contributed by atoms with Crippen molar-refractivity contribution >= 4 is 25.8 Å². The number of likely N-dealkylation sites (N-methyl/N-ethyl adjacent to an activating group) is 1. The van der Waals surface area contributed by atoms with Gasteiger partial charge in [-0.2, -0.15) is 0 Å². The summed E-state index contributed by atoms with van der Waals surface area (Å²) in [5.74, 6) is -0.865. The maximum absolute atomic E-state index is 11.1. The highest BCUT2D eigenvalue weighted by Gasteiger charge is 2.21. The van der Waals surface area contributed by atoms with Gasteiger partial charge in [-0.3, -0.25) is 0 Å². The summed E-state index contributed by atoms with van der Waals surface area (Å²) in [5, 5.41) is 9.10. The van der Waals surface area contributed by atoms with Crippen LogP contribution in [-0.2, 0) is 6.14 Å². The first-order valence-electron chi connectivity index (χ1n) is 7.29. The average molecular weight is 424 g/mol. The van der Waals surface area contributed by atoms with Crippen molar-refractivity contribution in [1.29, 1.82) is 0 Å². The van der Waals surface area contributed by atoms with E-state index in [2.05, 4.69) is 20.8 Å². The number of ether oxygens (including phenoxy) is 1. The van der Waals surface area contributed by atoms with Gasteiger partial charge < -0.3 is 14.3 Å². The Morgan fingerprint density at radius 3 is 2.23 bits per heavy atom. The lowest BCUT2D eigenvalue weighted by Crippen LogP contribution is -2.49. The number of carbonyl (C=O) groups is 1. The first-order chi connectivity index (χ1) is 10.4. The van der Waals surface area contributed by atoms with Gasteiger partial charge in [-0.15, -0.1) is 0 Å². The number of hydrogen-bond donors (Lipinski definition) is 1. The summed E-state index contributed by atoms with van der Waals surface area (Å²) >= 11 is -3.83. The van der Waals surface area contributed by atoms with Gasteiger partial charge in [0.2, 0.25) is 0 Å². The molecule has 0 heterocycles. The van der Waals surface area contributed by atoms with Crippen molar-refractivity contribution in [2.45, 2.75) is 20.8 Å². The molecule has 0 aliphatic heterocycles. The molecule has 0 aliphatic rings. The second kappa shape index (κ2) is 8.42. The topological polar surface area (TPSA) is 80.7 Å². The van der Waals surface area contributed by atoms with E-state index >= 15 is 0 Å². The lowest BCUT2D eigenvalue weighted by molar-refractivity contribution is -0.923. The number of halogens is 1. The fourth-order valence-electron chi connectivity index (χ4n) is 2.39. The number of carboxylic acid groups (broad SMARTS) is 1. The molecule has 0 saturated heterocycles. The molecule has 22 heavy (non-hydrogen) atoms. The van der Waals surface area contributed by atoms with Crippen molar-refractivity contribution in [2.24, 2.45) is 0 Å². The Labute approximate surface area is 137 Å². The first-order valence-corrected chi connectivity index (χ1v) is 10.1. The highest BCUT2D eigenvalue weighted by molar-refractivity contribution is 14.2. The standard InChI is InChI=1S/C15H22INO5/c1-4-17(5-2,6-3)9-10-22-12-7-8-14(16(20)21)13(11-12)15(18)19/h7-8,11H,4-6,9-10H2,1-3H3/p+1. The fourth-order valence-corrected chi connectivity index (χ4v) is 3.73. The minimum Gasteiger partial charge on any atom is -0.488 e. The van der Waals surface area contributed by atoms with Crippen molar-refractivity contribution < 1.29 is 25.3 Å².